The van der Waals surface area contributed by atoms with Gasteiger partial charge in [-0.15, -0.1) is 0 Å². The summed E-state index contributed by atoms with van der Waals surface area (Å²) in [6.07, 6.45) is -5.58. The number of phosphoric ester groups is 2. The lowest BCUT2D eigenvalue weighted by molar-refractivity contribution is -0.0552. The summed E-state index contributed by atoms with van der Waals surface area (Å²) in [6.45, 7) is -1.39. The zero-order valence-electron chi connectivity index (χ0n) is 22.7. The average molecular weight is 672 g/mol. The van der Waals surface area contributed by atoms with Crippen LogP contribution in [0.2, 0.25) is 0 Å². The number of nitrogens with two attached hydrogens (primary N) is 2. The van der Waals surface area contributed by atoms with Gasteiger partial charge in [-0.3, -0.25) is 32.4 Å². The number of nitrogens with one attached hydrogen (secondary N) is 1. The molecule has 45 heavy (non-hydrogen) atoms. The number of nitrogen functional groups attached to an aromatic ring is 2. The molecule has 2 bridgehead atoms. The fraction of sp³-hybridized carbons (Fsp3) is 0.524. The zero-order chi connectivity index (χ0) is 31.8. The number of hydrogen-bond acceptors (Lipinski definition) is 17. The molecule has 7 rings (SSSR count). The summed E-state index contributed by atoms with van der Waals surface area (Å²) in [6, 6.07) is -0.996. The number of anilines is 2. The standard InChI is InChI=1S/C21H26N10O12P2/c22-16-10-17(25-4-24-16)31(6-26-10)20-13(33)15-9(41-20)3-40-45(37,38)42-14-8(1-7(12(14)32)2-39-44(35,36)43-15)30-5-27-11-18(30)28-21(23)29-19(11)34/h4-9,12-15,20,32-33H,1-3H2,(H,35,36)(H,37,38)(H2,22,24,25)(H3,23,28,29,34)/t7-,8-,9-,12?,13?,14?,15?,20-/m1/s1. The van der Waals surface area contributed by atoms with E-state index in [0.717, 1.165) is 6.33 Å². The molecule has 22 nitrogen and oxygen atoms in total. The first-order chi connectivity index (χ1) is 21.3. The third-order valence-corrected chi connectivity index (χ3v) is 9.86. The Morgan fingerprint density at radius 2 is 1.58 bits per heavy atom. The van der Waals surface area contributed by atoms with Gasteiger partial charge in [-0.05, 0) is 6.42 Å². The third kappa shape index (κ3) is 5.32. The van der Waals surface area contributed by atoms with Gasteiger partial charge in [-0.25, -0.2) is 29.1 Å². The van der Waals surface area contributed by atoms with Crippen LogP contribution in [0.1, 0.15) is 18.7 Å². The number of imidazole rings is 2. The van der Waals surface area contributed by atoms with Crippen molar-refractivity contribution in [1.82, 2.24) is 39.0 Å². The number of aliphatic hydroxyl groups is 2. The van der Waals surface area contributed by atoms with Crippen molar-refractivity contribution in [3.8, 4) is 0 Å². The Bertz CT molecular complexity index is 1940. The molecule has 0 amide bonds. The molecule has 0 spiro atoms. The number of H-pyrrole nitrogens is 1. The van der Waals surface area contributed by atoms with Crippen molar-refractivity contribution < 1.29 is 52.0 Å². The summed E-state index contributed by atoms with van der Waals surface area (Å²) in [5.41, 5.74) is 11.1. The lowest BCUT2D eigenvalue weighted by Gasteiger charge is -2.26. The molecule has 6 unspecified atom stereocenters. The van der Waals surface area contributed by atoms with E-state index < -0.39 is 83.1 Å². The minimum absolute atomic E-state index is 0.00383. The molecule has 3 fully saturated rings. The van der Waals surface area contributed by atoms with Gasteiger partial charge < -0.3 is 40.8 Å². The van der Waals surface area contributed by atoms with Gasteiger partial charge in [0.1, 0.15) is 36.3 Å². The van der Waals surface area contributed by atoms with E-state index in [4.69, 9.17) is 34.3 Å². The molecule has 2 saturated heterocycles. The van der Waals surface area contributed by atoms with Crippen LogP contribution < -0.4 is 17.0 Å². The Morgan fingerprint density at radius 1 is 0.889 bits per heavy atom. The topological polar surface area (TPSA) is 320 Å². The van der Waals surface area contributed by atoms with Crippen LogP contribution in [0.4, 0.5) is 11.8 Å². The largest absolute Gasteiger partial charge is 0.472 e. The first-order valence-electron chi connectivity index (χ1n) is 13.3. The second kappa shape index (κ2) is 10.9. The summed E-state index contributed by atoms with van der Waals surface area (Å²) >= 11 is 0. The van der Waals surface area contributed by atoms with Crippen LogP contribution in [0.15, 0.2) is 23.8 Å². The van der Waals surface area contributed by atoms with E-state index in [2.05, 4.69) is 29.9 Å². The van der Waals surface area contributed by atoms with Crippen LogP contribution >= 0.6 is 15.6 Å². The summed E-state index contributed by atoms with van der Waals surface area (Å²) in [5.74, 6) is -1.16. The SMILES string of the molecule is Nc1nc2c(ncn2[C@@H]2C[C@@H]3COP(=O)(O)OC4C(O)[C@H](n5cnc6c(N)ncnc65)O[C@@H]4COP(=O)(O)OC2C3O)c(=O)[nH]1. The molecule has 24 heteroatoms. The number of nitrogens with zero attached hydrogens (tertiary/aromatic N) is 7. The van der Waals surface area contributed by atoms with E-state index >= 15 is 0 Å². The minimum atomic E-state index is -5.03. The number of ether oxygens (including phenoxy) is 1. The van der Waals surface area contributed by atoms with Crippen molar-refractivity contribution in [1.29, 1.82) is 0 Å². The summed E-state index contributed by atoms with van der Waals surface area (Å²) in [4.78, 5) is 56.2. The molecule has 0 radical (unpaired) electrons. The smallest absolute Gasteiger partial charge is 0.390 e. The lowest BCUT2D eigenvalue weighted by Crippen LogP contribution is -2.36. The van der Waals surface area contributed by atoms with Crippen LogP contribution in [-0.4, -0.2) is 103 Å². The van der Waals surface area contributed by atoms with Crippen LogP contribution in [-0.2, 0) is 32.0 Å². The van der Waals surface area contributed by atoms with Crippen LogP contribution in [0.25, 0.3) is 22.3 Å². The Hall–Kier alpha value is -3.40. The summed E-state index contributed by atoms with van der Waals surface area (Å²) in [7, 11) is -10.0. The molecule has 4 aromatic heterocycles. The molecule has 4 aromatic rings. The van der Waals surface area contributed by atoms with Crippen molar-refractivity contribution >= 4 is 49.7 Å². The Morgan fingerprint density at radius 3 is 2.36 bits per heavy atom. The van der Waals surface area contributed by atoms with Crippen molar-refractivity contribution in [2.24, 2.45) is 5.92 Å². The third-order valence-electron chi connectivity index (χ3n) is 7.89. The first kappa shape index (κ1) is 30.3. The minimum Gasteiger partial charge on any atom is -0.390 e. The number of rotatable bonds is 2. The molecule has 242 valence electrons. The van der Waals surface area contributed by atoms with Crippen molar-refractivity contribution in [2.45, 2.75) is 49.2 Å². The van der Waals surface area contributed by atoms with Gasteiger partial charge in [0, 0.05) is 5.92 Å². The highest BCUT2D eigenvalue weighted by Gasteiger charge is 2.53. The molecule has 1 aliphatic carbocycles. The van der Waals surface area contributed by atoms with E-state index in [0.29, 0.717) is 0 Å². The highest BCUT2D eigenvalue weighted by atomic mass is 31.2. The Kier molecular flexibility index (Phi) is 7.30. The lowest BCUT2D eigenvalue weighted by atomic mass is 10.1. The molecular weight excluding hydrogens is 646 g/mol. The number of hydrogen-bond donors (Lipinski definition) is 7. The molecular formula is C21H26N10O12P2. The second-order valence-electron chi connectivity index (χ2n) is 10.6. The van der Waals surface area contributed by atoms with Gasteiger partial charge in [0.2, 0.25) is 5.95 Å². The predicted molar refractivity (Wildman–Crippen MR) is 147 cm³/mol. The zero-order valence-corrected chi connectivity index (χ0v) is 24.5. The van der Waals surface area contributed by atoms with Crippen LogP contribution in [0, 0.1) is 5.92 Å². The van der Waals surface area contributed by atoms with E-state index in [1.54, 1.807) is 0 Å². The van der Waals surface area contributed by atoms with E-state index in [-0.39, 0.29) is 40.5 Å². The molecule has 1 saturated carbocycles. The highest BCUT2D eigenvalue weighted by Crippen LogP contribution is 2.55. The van der Waals surface area contributed by atoms with Gasteiger partial charge in [0.15, 0.2) is 28.9 Å². The fourth-order valence-corrected chi connectivity index (χ4v) is 7.81. The van der Waals surface area contributed by atoms with Gasteiger partial charge in [-0.2, -0.15) is 4.98 Å². The van der Waals surface area contributed by atoms with E-state index in [1.165, 1.54) is 21.8 Å². The monoisotopic (exact) mass is 672 g/mol. The van der Waals surface area contributed by atoms with Crippen molar-refractivity contribution in [3.63, 3.8) is 0 Å². The average Bonchev–Trinajstić information content (AvgIpc) is 3.72. The normalized spacial score (nSPS) is 37.7. The molecule has 2 aliphatic heterocycles. The fourth-order valence-electron chi connectivity index (χ4n) is 5.83. The van der Waals surface area contributed by atoms with Crippen LogP contribution in [0.5, 0.6) is 0 Å². The number of fused-ring (bicyclic) bond motifs is 5. The number of aromatic nitrogens is 8. The van der Waals surface area contributed by atoms with Crippen LogP contribution in [0.3, 0.4) is 0 Å². The van der Waals surface area contributed by atoms with Gasteiger partial charge in [0.25, 0.3) is 5.56 Å². The number of aromatic amines is 1. The van der Waals surface area contributed by atoms with Gasteiger partial charge in [0.05, 0.1) is 38.0 Å². The van der Waals surface area contributed by atoms with Gasteiger partial charge in [-0.1, -0.05) is 0 Å². The van der Waals surface area contributed by atoms with Crippen molar-refractivity contribution in [2.75, 3.05) is 24.7 Å². The molecule has 10 atom stereocenters. The maximum absolute atomic E-state index is 13.2. The maximum Gasteiger partial charge on any atom is 0.472 e. The van der Waals surface area contributed by atoms with E-state index in [1.807, 2.05) is 0 Å². The maximum atomic E-state index is 13.2. The molecule has 9 N–H and O–H groups in total. The number of aliphatic hydroxyl groups excluding tert-OH is 2. The second-order valence-corrected chi connectivity index (χ2v) is 13.4. The quantitative estimate of drug-likeness (QED) is 0.117. The first-order valence-corrected chi connectivity index (χ1v) is 16.3. The number of phosphoric acid groups is 2. The highest BCUT2D eigenvalue weighted by molar-refractivity contribution is 7.47. The van der Waals surface area contributed by atoms with Gasteiger partial charge >= 0.3 is 15.6 Å². The summed E-state index contributed by atoms with van der Waals surface area (Å²) in [5, 5.41) is 22.3. The molecule has 0 aromatic carbocycles. The van der Waals surface area contributed by atoms with Crippen molar-refractivity contribution in [3.05, 3.63) is 29.3 Å². The Labute approximate surface area is 250 Å². The molecule has 3 aliphatic rings. The van der Waals surface area contributed by atoms with E-state index in [9.17, 15) is 33.9 Å². The molecule has 6 heterocycles. The Balaban J connectivity index is 1.21. The predicted octanol–water partition coefficient (Wildman–Crippen LogP) is -1.68. The summed E-state index contributed by atoms with van der Waals surface area (Å²) < 4.78 is 56.0.